The van der Waals surface area contributed by atoms with Gasteiger partial charge in [-0.3, -0.25) is 4.79 Å². The van der Waals surface area contributed by atoms with Gasteiger partial charge in [0.2, 0.25) is 15.6 Å². The van der Waals surface area contributed by atoms with Crippen molar-refractivity contribution in [2.75, 3.05) is 0 Å². The summed E-state index contributed by atoms with van der Waals surface area (Å²) in [6, 6.07) is 20.0. The fourth-order valence-corrected chi connectivity index (χ4v) is 4.95. The molecular formula is C22H16ClNO3S. The first-order chi connectivity index (χ1) is 13.4. The number of carbonyl (C=O) groups excluding carboxylic acids is 1. The van der Waals surface area contributed by atoms with Crippen molar-refractivity contribution in [2.24, 2.45) is 0 Å². The van der Waals surface area contributed by atoms with E-state index in [1.807, 2.05) is 19.1 Å². The maximum absolute atomic E-state index is 13.4. The largest absolute Gasteiger partial charge is 0.351 e. The number of halogens is 1. The molecule has 0 radical (unpaired) electrons. The first-order valence-electron chi connectivity index (χ1n) is 8.60. The van der Waals surface area contributed by atoms with Gasteiger partial charge in [-0.2, -0.15) is 0 Å². The van der Waals surface area contributed by atoms with Crippen LogP contribution in [-0.4, -0.2) is 19.2 Å². The van der Waals surface area contributed by atoms with E-state index in [0.717, 1.165) is 5.56 Å². The van der Waals surface area contributed by atoms with E-state index in [2.05, 4.69) is 4.98 Å². The minimum absolute atomic E-state index is 0.0315. The molecule has 0 atom stereocenters. The molecule has 4 aromatic rings. The Morgan fingerprint density at radius 3 is 2.29 bits per heavy atom. The molecule has 1 heterocycles. The Balaban J connectivity index is 2.00. The molecule has 0 bridgehead atoms. The Bertz CT molecular complexity index is 1290. The van der Waals surface area contributed by atoms with Gasteiger partial charge >= 0.3 is 0 Å². The number of hydrogen-bond acceptors (Lipinski definition) is 3. The van der Waals surface area contributed by atoms with E-state index in [1.54, 1.807) is 48.5 Å². The van der Waals surface area contributed by atoms with Crippen LogP contribution in [0, 0.1) is 6.92 Å². The zero-order valence-corrected chi connectivity index (χ0v) is 16.5. The van der Waals surface area contributed by atoms with Crippen LogP contribution in [0.25, 0.3) is 10.9 Å². The van der Waals surface area contributed by atoms with Crippen molar-refractivity contribution in [3.05, 3.63) is 94.6 Å². The zero-order valence-electron chi connectivity index (χ0n) is 14.9. The standard InChI is InChI=1S/C22H16ClNO3S/c1-14-7-9-15(10-8-14)21(25)20-22(18-12-11-16(23)13-19(18)24-20)28(26,27)17-5-3-2-4-6-17/h2-13,24H,1H3. The van der Waals surface area contributed by atoms with Crippen LogP contribution in [0.2, 0.25) is 5.02 Å². The van der Waals surface area contributed by atoms with E-state index in [0.29, 0.717) is 21.5 Å². The Kier molecular flexibility index (Phi) is 4.57. The van der Waals surface area contributed by atoms with E-state index in [-0.39, 0.29) is 21.3 Å². The van der Waals surface area contributed by atoms with E-state index < -0.39 is 9.84 Å². The molecule has 4 nitrogen and oxygen atoms in total. The Morgan fingerprint density at radius 2 is 1.61 bits per heavy atom. The quantitative estimate of drug-likeness (QED) is 0.471. The number of hydrogen-bond donors (Lipinski definition) is 1. The summed E-state index contributed by atoms with van der Waals surface area (Å²) in [5.41, 5.74) is 1.95. The lowest BCUT2D eigenvalue weighted by molar-refractivity contribution is 0.103. The summed E-state index contributed by atoms with van der Waals surface area (Å²) < 4.78 is 26.8. The van der Waals surface area contributed by atoms with E-state index in [9.17, 15) is 13.2 Å². The molecule has 4 rings (SSSR count). The van der Waals surface area contributed by atoms with E-state index in [4.69, 9.17) is 11.6 Å². The molecule has 0 fully saturated rings. The van der Waals surface area contributed by atoms with Crippen LogP contribution in [-0.2, 0) is 9.84 Å². The fraction of sp³-hybridized carbons (Fsp3) is 0.0455. The summed E-state index contributed by atoms with van der Waals surface area (Å²) in [4.78, 5) is 16.3. The Labute approximate surface area is 167 Å². The van der Waals surface area contributed by atoms with Crippen molar-refractivity contribution in [1.29, 1.82) is 0 Å². The molecular weight excluding hydrogens is 394 g/mol. The first-order valence-corrected chi connectivity index (χ1v) is 10.5. The van der Waals surface area contributed by atoms with Gasteiger partial charge in [0.15, 0.2) is 0 Å². The molecule has 1 aromatic heterocycles. The lowest BCUT2D eigenvalue weighted by atomic mass is 10.1. The maximum atomic E-state index is 13.4. The minimum atomic E-state index is -3.92. The van der Waals surface area contributed by atoms with Crippen molar-refractivity contribution < 1.29 is 13.2 Å². The predicted molar refractivity (Wildman–Crippen MR) is 110 cm³/mol. The average molecular weight is 410 g/mol. The number of carbonyl (C=O) groups is 1. The van der Waals surface area contributed by atoms with Crippen LogP contribution in [0.1, 0.15) is 21.6 Å². The van der Waals surface area contributed by atoms with Crippen LogP contribution in [0.3, 0.4) is 0 Å². The SMILES string of the molecule is Cc1ccc(C(=O)c2[nH]c3cc(Cl)ccc3c2S(=O)(=O)c2ccccc2)cc1. The number of benzene rings is 3. The maximum Gasteiger partial charge on any atom is 0.210 e. The summed E-state index contributed by atoms with van der Waals surface area (Å²) in [6.07, 6.45) is 0. The molecule has 0 aliphatic carbocycles. The lowest BCUT2D eigenvalue weighted by Crippen LogP contribution is -2.10. The number of fused-ring (bicyclic) bond motifs is 1. The number of H-pyrrole nitrogens is 1. The van der Waals surface area contributed by atoms with Crippen molar-refractivity contribution >= 4 is 38.1 Å². The molecule has 0 aliphatic heterocycles. The Morgan fingerprint density at radius 1 is 0.929 bits per heavy atom. The monoisotopic (exact) mass is 409 g/mol. The van der Waals surface area contributed by atoms with Gasteiger partial charge in [0.05, 0.1) is 4.90 Å². The highest BCUT2D eigenvalue weighted by Crippen LogP contribution is 2.34. The number of rotatable bonds is 4. The summed E-state index contributed by atoms with van der Waals surface area (Å²) in [6.45, 7) is 1.92. The van der Waals surface area contributed by atoms with Crippen molar-refractivity contribution in [2.45, 2.75) is 16.7 Å². The number of aromatic nitrogens is 1. The topological polar surface area (TPSA) is 67.0 Å². The van der Waals surface area contributed by atoms with Crippen molar-refractivity contribution in [1.82, 2.24) is 4.98 Å². The average Bonchev–Trinajstić information content (AvgIpc) is 3.08. The van der Waals surface area contributed by atoms with Gasteiger partial charge in [0.25, 0.3) is 0 Å². The van der Waals surface area contributed by atoms with Gasteiger partial charge in [-0.25, -0.2) is 8.42 Å². The van der Waals surface area contributed by atoms with Gasteiger partial charge in [-0.1, -0.05) is 65.7 Å². The minimum Gasteiger partial charge on any atom is -0.351 e. The highest BCUT2D eigenvalue weighted by atomic mass is 35.5. The first kappa shape index (κ1) is 18.5. The normalized spacial score (nSPS) is 11.6. The second-order valence-corrected chi connectivity index (χ2v) is 8.85. The summed E-state index contributed by atoms with van der Waals surface area (Å²) >= 11 is 6.07. The number of ketones is 1. The van der Waals surface area contributed by atoms with Gasteiger partial charge in [-0.15, -0.1) is 0 Å². The van der Waals surface area contributed by atoms with Gasteiger partial charge in [0, 0.05) is 21.5 Å². The van der Waals surface area contributed by atoms with Crippen molar-refractivity contribution in [3.63, 3.8) is 0 Å². The second kappa shape index (κ2) is 6.93. The zero-order chi connectivity index (χ0) is 19.9. The van der Waals surface area contributed by atoms with Crippen LogP contribution in [0.4, 0.5) is 0 Å². The highest BCUT2D eigenvalue weighted by molar-refractivity contribution is 7.91. The summed E-state index contributed by atoms with van der Waals surface area (Å²) in [5, 5.41) is 0.885. The molecule has 6 heteroatoms. The number of aryl methyl sites for hydroxylation is 1. The molecule has 3 aromatic carbocycles. The van der Waals surface area contributed by atoms with Crippen LogP contribution >= 0.6 is 11.6 Å². The number of aromatic amines is 1. The molecule has 0 aliphatic rings. The van der Waals surface area contributed by atoms with Crippen LogP contribution in [0.15, 0.2) is 82.6 Å². The number of nitrogens with one attached hydrogen (secondary N) is 1. The number of sulfone groups is 1. The molecule has 28 heavy (non-hydrogen) atoms. The predicted octanol–water partition coefficient (Wildman–Crippen LogP) is 5.19. The van der Waals surface area contributed by atoms with Crippen LogP contribution < -0.4 is 0 Å². The molecule has 0 saturated heterocycles. The van der Waals surface area contributed by atoms with Crippen molar-refractivity contribution in [3.8, 4) is 0 Å². The molecule has 0 unspecified atom stereocenters. The second-order valence-electron chi connectivity index (χ2n) is 6.53. The van der Waals surface area contributed by atoms with E-state index >= 15 is 0 Å². The smallest absolute Gasteiger partial charge is 0.210 e. The lowest BCUT2D eigenvalue weighted by Gasteiger charge is -2.07. The summed E-state index contributed by atoms with van der Waals surface area (Å²) in [7, 11) is -3.92. The third-order valence-corrected chi connectivity index (χ3v) is 6.67. The van der Waals surface area contributed by atoms with Gasteiger partial charge in [-0.05, 0) is 31.2 Å². The molecule has 140 valence electrons. The third-order valence-electron chi connectivity index (χ3n) is 4.58. The molecule has 0 saturated carbocycles. The summed E-state index contributed by atoms with van der Waals surface area (Å²) in [5.74, 6) is -0.387. The van der Waals surface area contributed by atoms with Crippen LogP contribution in [0.5, 0.6) is 0 Å². The third kappa shape index (κ3) is 3.13. The highest BCUT2D eigenvalue weighted by Gasteiger charge is 2.30. The molecule has 1 N–H and O–H groups in total. The van der Waals surface area contributed by atoms with Gasteiger partial charge in [0.1, 0.15) is 10.6 Å². The van der Waals surface area contributed by atoms with Gasteiger partial charge < -0.3 is 4.98 Å². The molecule has 0 spiro atoms. The fourth-order valence-electron chi connectivity index (χ4n) is 3.15. The Hall–Kier alpha value is -2.89. The molecule has 0 amide bonds. The van der Waals surface area contributed by atoms with E-state index in [1.165, 1.54) is 12.1 Å².